The first-order chi connectivity index (χ1) is 22.7. The summed E-state index contributed by atoms with van der Waals surface area (Å²) in [5.74, 6) is -0.738. The van der Waals surface area contributed by atoms with E-state index in [1.165, 1.54) is 4.90 Å². The molecule has 2 N–H and O–H groups in total. The number of nitrogens with zero attached hydrogens (tertiary/aromatic N) is 2. The van der Waals surface area contributed by atoms with Gasteiger partial charge >= 0.3 is 0 Å². The Morgan fingerprint density at radius 3 is 2.13 bits per heavy atom. The molecule has 3 heterocycles. The van der Waals surface area contributed by atoms with Gasteiger partial charge in [0, 0.05) is 36.1 Å². The standard InChI is InChI=1S/C38H37ClN2O6/c1-24-33(22-40-19-17-38(45,18-20-40)28-13-15-29(39)16-14-28)46-37(47-34(24)26-11-9-25(23-42)10-12-26)27-5-4-6-30(21-27)41-35(43)31-7-2-3-8-32(31)36(41)44/h2-16,21,24,33-34,37,42,45H,17-20,22-23H2,1H3/t24-,33+,34+,37+/m1/s1. The summed E-state index contributed by atoms with van der Waals surface area (Å²) in [4.78, 5) is 30.0. The zero-order valence-electron chi connectivity index (χ0n) is 26.1. The molecule has 9 heteroatoms. The monoisotopic (exact) mass is 652 g/mol. The Hall–Kier alpha value is -3.89. The van der Waals surface area contributed by atoms with Crippen molar-refractivity contribution in [3.05, 3.63) is 135 Å². The average Bonchev–Trinajstić information content (AvgIpc) is 3.36. The summed E-state index contributed by atoms with van der Waals surface area (Å²) >= 11 is 6.08. The number of aliphatic hydroxyl groups excluding tert-OH is 1. The van der Waals surface area contributed by atoms with Crippen LogP contribution in [0.15, 0.2) is 97.1 Å². The van der Waals surface area contributed by atoms with Crippen molar-refractivity contribution in [2.45, 2.75) is 50.5 Å². The Labute approximate surface area is 279 Å². The first kappa shape index (κ1) is 31.7. The van der Waals surface area contributed by atoms with E-state index in [1.807, 2.05) is 54.6 Å². The van der Waals surface area contributed by atoms with Gasteiger partial charge in [0.1, 0.15) is 0 Å². The number of carbonyl (C=O) groups is 2. The molecule has 2 saturated heterocycles. The van der Waals surface area contributed by atoms with E-state index in [2.05, 4.69) is 11.8 Å². The number of anilines is 1. The molecule has 7 rings (SSSR count). The van der Waals surface area contributed by atoms with Gasteiger partial charge in [-0.1, -0.05) is 79.2 Å². The molecule has 4 atom stereocenters. The average molecular weight is 653 g/mol. The van der Waals surface area contributed by atoms with Crippen LogP contribution in [0.3, 0.4) is 0 Å². The van der Waals surface area contributed by atoms with Crippen molar-refractivity contribution in [1.29, 1.82) is 0 Å². The van der Waals surface area contributed by atoms with Crippen molar-refractivity contribution in [3.63, 3.8) is 0 Å². The van der Waals surface area contributed by atoms with Crippen LogP contribution in [0.1, 0.15) is 75.1 Å². The lowest BCUT2D eigenvalue weighted by atomic mass is 9.84. The number of halogens is 1. The number of amides is 2. The Morgan fingerprint density at radius 1 is 0.830 bits per heavy atom. The van der Waals surface area contributed by atoms with E-state index in [9.17, 15) is 19.8 Å². The van der Waals surface area contributed by atoms with Crippen molar-refractivity contribution in [2.24, 2.45) is 5.92 Å². The zero-order chi connectivity index (χ0) is 32.7. The van der Waals surface area contributed by atoms with Crippen LogP contribution in [0.5, 0.6) is 0 Å². The molecule has 3 aliphatic rings. The third kappa shape index (κ3) is 6.13. The number of imide groups is 1. The molecule has 0 saturated carbocycles. The second-order valence-corrected chi connectivity index (χ2v) is 13.2. The number of benzene rings is 4. The number of hydrogen-bond donors (Lipinski definition) is 2. The van der Waals surface area contributed by atoms with Gasteiger partial charge in [0.25, 0.3) is 11.8 Å². The minimum atomic E-state index is -0.909. The van der Waals surface area contributed by atoms with Gasteiger partial charge in [-0.25, -0.2) is 4.90 Å². The predicted molar refractivity (Wildman–Crippen MR) is 178 cm³/mol. The van der Waals surface area contributed by atoms with Gasteiger partial charge in [0.2, 0.25) is 0 Å². The molecule has 4 aromatic carbocycles. The second kappa shape index (κ2) is 13.0. The fraction of sp³-hybridized carbons (Fsp3) is 0.316. The van der Waals surface area contributed by atoms with Crippen molar-refractivity contribution >= 4 is 29.1 Å². The van der Waals surface area contributed by atoms with Crippen molar-refractivity contribution in [3.8, 4) is 0 Å². The lowest BCUT2D eigenvalue weighted by Gasteiger charge is -2.45. The molecule has 0 bridgehead atoms. The van der Waals surface area contributed by atoms with E-state index >= 15 is 0 Å². The van der Waals surface area contributed by atoms with E-state index in [0.717, 1.165) is 16.7 Å². The highest BCUT2D eigenvalue weighted by molar-refractivity contribution is 6.34. The largest absolute Gasteiger partial charge is 0.392 e. The summed E-state index contributed by atoms with van der Waals surface area (Å²) in [6.07, 6.45) is -0.121. The van der Waals surface area contributed by atoms with E-state index < -0.39 is 11.9 Å². The minimum Gasteiger partial charge on any atom is -0.392 e. The lowest BCUT2D eigenvalue weighted by Crippen LogP contribution is -2.49. The molecule has 0 spiro atoms. The predicted octanol–water partition coefficient (Wildman–Crippen LogP) is 6.41. The van der Waals surface area contributed by atoms with Gasteiger partial charge in [-0.05, 0) is 65.9 Å². The molecule has 2 fully saturated rings. The summed E-state index contributed by atoms with van der Waals surface area (Å²) < 4.78 is 13.4. The molecule has 0 unspecified atom stereocenters. The highest BCUT2D eigenvalue weighted by Gasteiger charge is 2.42. The molecule has 0 aliphatic carbocycles. The van der Waals surface area contributed by atoms with Crippen molar-refractivity contribution in [2.75, 3.05) is 24.5 Å². The van der Waals surface area contributed by atoms with Gasteiger partial charge in [-0.3, -0.25) is 9.59 Å². The summed E-state index contributed by atoms with van der Waals surface area (Å²) in [6, 6.07) is 29.3. The number of rotatable bonds is 7. The van der Waals surface area contributed by atoms with E-state index in [0.29, 0.717) is 59.9 Å². The zero-order valence-corrected chi connectivity index (χ0v) is 26.8. The van der Waals surface area contributed by atoms with Gasteiger partial charge in [-0.2, -0.15) is 0 Å². The molecular weight excluding hydrogens is 616 g/mol. The third-order valence-electron chi connectivity index (χ3n) is 9.82. The lowest BCUT2D eigenvalue weighted by molar-refractivity contribution is -0.277. The topological polar surface area (TPSA) is 99.5 Å². The van der Waals surface area contributed by atoms with Crippen LogP contribution in [0, 0.1) is 5.92 Å². The highest BCUT2D eigenvalue weighted by Crippen LogP contribution is 2.43. The van der Waals surface area contributed by atoms with Crippen LogP contribution >= 0.6 is 11.6 Å². The molecule has 242 valence electrons. The van der Waals surface area contributed by atoms with Crippen LogP contribution in [0.25, 0.3) is 0 Å². The van der Waals surface area contributed by atoms with Crippen molar-refractivity contribution < 1.29 is 29.3 Å². The Balaban J connectivity index is 1.13. The van der Waals surface area contributed by atoms with E-state index in [-0.39, 0.29) is 36.5 Å². The molecule has 4 aromatic rings. The van der Waals surface area contributed by atoms with Gasteiger partial charge < -0.3 is 24.6 Å². The quantitative estimate of drug-likeness (QED) is 0.223. The SMILES string of the molecule is C[C@@H]1[C@H](CN2CCC(O)(c3ccc(Cl)cc3)CC2)O[C@H](c2cccc(N3C(=O)c4ccccc4C3=O)c2)O[C@@H]1c1ccc(CO)cc1. The second-order valence-electron chi connectivity index (χ2n) is 12.7. The fourth-order valence-electron chi connectivity index (χ4n) is 6.97. The Bertz CT molecular complexity index is 1730. The summed E-state index contributed by atoms with van der Waals surface area (Å²) in [6.45, 7) is 4.11. The number of piperidine rings is 1. The summed E-state index contributed by atoms with van der Waals surface area (Å²) in [7, 11) is 0. The highest BCUT2D eigenvalue weighted by atomic mass is 35.5. The third-order valence-corrected chi connectivity index (χ3v) is 10.1. The van der Waals surface area contributed by atoms with Crippen LogP contribution in [-0.2, 0) is 21.7 Å². The number of hydrogen-bond acceptors (Lipinski definition) is 7. The van der Waals surface area contributed by atoms with Crippen LogP contribution in [0.2, 0.25) is 5.02 Å². The maximum absolute atomic E-state index is 13.2. The Kier molecular flexibility index (Phi) is 8.74. The number of ether oxygens (including phenoxy) is 2. The molecule has 3 aliphatic heterocycles. The molecule has 0 radical (unpaired) electrons. The van der Waals surface area contributed by atoms with Crippen LogP contribution < -0.4 is 4.90 Å². The maximum Gasteiger partial charge on any atom is 0.266 e. The number of fused-ring (bicyclic) bond motifs is 1. The number of aliphatic hydroxyl groups is 2. The molecule has 47 heavy (non-hydrogen) atoms. The van der Waals surface area contributed by atoms with Gasteiger partial charge in [0.15, 0.2) is 6.29 Å². The van der Waals surface area contributed by atoms with E-state index in [4.69, 9.17) is 21.1 Å². The normalized spacial score (nSPS) is 24.4. The fourth-order valence-corrected chi connectivity index (χ4v) is 7.10. The molecule has 2 amide bonds. The molecule has 8 nitrogen and oxygen atoms in total. The molecule has 0 aromatic heterocycles. The smallest absolute Gasteiger partial charge is 0.266 e. The van der Waals surface area contributed by atoms with Crippen molar-refractivity contribution in [1.82, 2.24) is 4.90 Å². The Morgan fingerprint density at radius 2 is 1.49 bits per heavy atom. The number of likely N-dealkylation sites (tertiary alicyclic amines) is 1. The summed E-state index contributed by atoms with van der Waals surface area (Å²) in [5, 5.41) is 21.7. The van der Waals surface area contributed by atoms with Crippen LogP contribution in [-0.4, -0.2) is 52.7 Å². The molecular formula is C38H37ClN2O6. The van der Waals surface area contributed by atoms with Gasteiger partial charge in [0.05, 0.1) is 41.2 Å². The van der Waals surface area contributed by atoms with Gasteiger partial charge in [-0.15, -0.1) is 0 Å². The summed E-state index contributed by atoms with van der Waals surface area (Å²) in [5.41, 5.74) is 3.68. The van der Waals surface area contributed by atoms with E-state index in [1.54, 1.807) is 42.5 Å². The number of carbonyl (C=O) groups excluding carboxylic acids is 2. The first-order valence-electron chi connectivity index (χ1n) is 16.0. The van der Waals surface area contributed by atoms with Crippen LogP contribution in [0.4, 0.5) is 5.69 Å². The maximum atomic E-state index is 13.2. The minimum absolute atomic E-state index is 0.0253. The first-order valence-corrected chi connectivity index (χ1v) is 16.4.